The molecule has 0 amide bonds. The second kappa shape index (κ2) is 9.95. The molecule has 0 radical (unpaired) electrons. The number of nitrogens with zero attached hydrogens (tertiary/aromatic N) is 1. The van der Waals surface area contributed by atoms with Gasteiger partial charge in [0.1, 0.15) is 0 Å². The SMILES string of the molecule is C#[N+]CC(C)C(C)C.II. The van der Waals surface area contributed by atoms with E-state index in [0.29, 0.717) is 11.8 Å². The van der Waals surface area contributed by atoms with Crippen molar-refractivity contribution in [2.45, 2.75) is 20.8 Å². The predicted molar refractivity (Wildman–Crippen MR) is 65.2 cm³/mol. The van der Waals surface area contributed by atoms with Crippen molar-refractivity contribution in [3.05, 3.63) is 4.85 Å². The summed E-state index contributed by atoms with van der Waals surface area (Å²) in [5, 5.41) is 0. The summed E-state index contributed by atoms with van der Waals surface area (Å²) < 4.78 is 0. The molecule has 0 aromatic rings. The highest BCUT2D eigenvalue weighted by Crippen LogP contribution is 2.08. The lowest BCUT2D eigenvalue weighted by Gasteiger charge is -2.04. The first-order chi connectivity index (χ1) is 4.68. The Morgan fingerprint density at radius 2 is 1.70 bits per heavy atom. The molecule has 0 bridgehead atoms. The van der Waals surface area contributed by atoms with Crippen molar-refractivity contribution in [3.63, 3.8) is 0 Å². The van der Waals surface area contributed by atoms with E-state index < -0.39 is 0 Å². The molecule has 0 rings (SSSR count). The zero-order chi connectivity index (χ0) is 8.57. The van der Waals surface area contributed by atoms with E-state index in [1.165, 1.54) is 0 Å². The first-order valence-electron chi connectivity index (χ1n) is 3.19. The van der Waals surface area contributed by atoms with E-state index >= 15 is 0 Å². The van der Waals surface area contributed by atoms with Gasteiger partial charge in [-0.15, -0.1) is 0 Å². The highest BCUT2D eigenvalue weighted by Gasteiger charge is 2.09. The van der Waals surface area contributed by atoms with Gasteiger partial charge in [0.05, 0.1) is 0 Å². The summed E-state index contributed by atoms with van der Waals surface area (Å²) in [5.41, 5.74) is 0. The fraction of sp³-hybridized carbons (Fsp3) is 0.857. The van der Waals surface area contributed by atoms with Crippen molar-refractivity contribution in [2.75, 3.05) is 6.54 Å². The average Bonchev–Trinajstić information content (AvgIpc) is 1.93. The third-order valence-corrected chi connectivity index (χ3v) is 1.53. The summed E-state index contributed by atoms with van der Waals surface area (Å²) in [5.74, 6) is 1.32. The van der Waals surface area contributed by atoms with Crippen LogP contribution >= 0.6 is 37.2 Å². The second-order valence-electron chi connectivity index (χ2n) is 2.59. The maximum Gasteiger partial charge on any atom is 0.266 e. The van der Waals surface area contributed by atoms with E-state index in [9.17, 15) is 0 Å². The molecule has 0 fully saturated rings. The summed E-state index contributed by atoms with van der Waals surface area (Å²) in [4.78, 5) is 3.56. The van der Waals surface area contributed by atoms with Crippen LogP contribution in [0.4, 0.5) is 0 Å². The van der Waals surface area contributed by atoms with E-state index in [1.807, 2.05) is 0 Å². The Bertz CT molecular complexity index is 96.3. The minimum atomic E-state index is 0.625. The van der Waals surface area contributed by atoms with Crippen molar-refractivity contribution in [1.82, 2.24) is 0 Å². The molecule has 0 aromatic heterocycles. The summed E-state index contributed by atoms with van der Waals surface area (Å²) in [6.07, 6.45) is 0. The van der Waals surface area contributed by atoms with Crippen molar-refractivity contribution in [2.24, 2.45) is 11.8 Å². The monoisotopic (exact) mass is 366 g/mol. The quantitative estimate of drug-likeness (QED) is 0.651. The van der Waals surface area contributed by atoms with Crippen LogP contribution in [0.5, 0.6) is 0 Å². The maximum atomic E-state index is 4.99. The molecular weight excluding hydrogens is 352 g/mol. The molecule has 0 N–H and O–H groups in total. The van der Waals surface area contributed by atoms with Gasteiger partial charge in [0, 0.05) is 43.1 Å². The summed E-state index contributed by atoms with van der Waals surface area (Å²) in [6.45, 7) is 12.3. The van der Waals surface area contributed by atoms with Gasteiger partial charge >= 0.3 is 0 Å². The van der Waals surface area contributed by atoms with Crippen molar-refractivity contribution < 1.29 is 0 Å². The third kappa shape index (κ3) is 8.95. The van der Waals surface area contributed by atoms with Gasteiger partial charge in [-0.05, 0) is 5.92 Å². The van der Waals surface area contributed by atoms with Crippen LogP contribution in [0.25, 0.3) is 4.85 Å². The maximum absolute atomic E-state index is 4.99. The van der Waals surface area contributed by atoms with Crippen molar-refractivity contribution in [3.8, 4) is 6.57 Å². The van der Waals surface area contributed by atoms with Crippen LogP contribution in [0.2, 0.25) is 0 Å². The Balaban J connectivity index is 0. The Hall–Kier alpha value is 0.950. The largest absolute Gasteiger partial charge is 0.266 e. The summed E-state index contributed by atoms with van der Waals surface area (Å²) >= 11 is 4.24. The smallest absolute Gasteiger partial charge is 0.0866 e. The standard InChI is InChI=1S/C7H14N.I2/c1-6(2)7(3)5-8-4;1-2/h4,6-7H,5H2,1-3H3;/q+1;. The molecule has 0 aliphatic rings. The van der Waals surface area contributed by atoms with Gasteiger partial charge in [0.25, 0.3) is 13.1 Å². The minimum absolute atomic E-state index is 0.625. The molecule has 0 spiro atoms. The fourth-order valence-corrected chi connectivity index (χ4v) is 0.377. The molecule has 0 saturated heterocycles. The molecule has 0 aliphatic carbocycles. The predicted octanol–water partition coefficient (Wildman–Crippen LogP) is 4.01. The molecule has 0 heterocycles. The number of halogens is 2. The van der Waals surface area contributed by atoms with Crippen LogP contribution < -0.4 is 0 Å². The van der Waals surface area contributed by atoms with Gasteiger partial charge in [0.2, 0.25) is 0 Å². The molecule has 0 aromatic carbocycles. The highest BCUT2D eigenvalue weighted by molar-refractivity contribution is 15.0. The van der Waals surface area contributed by atoms with Crippen LogP contribution in [0.3, 0.4) is 0 Å². The van der Waals surface area contributed by atoms with Crippen LogP contribution in [-0.2, 0) is 0 Å². The van der Waals surface area contributed by atoms with E-state index in [4.69, 9.17) is 6.57 Å². The Labute approximate surface area is 87.1 Å². The van der Waals surface area contributed by atoms with Crippen LogP contribution in [0, 0.1) is 18.4 Å². The number of hydrogen-bond donors (Lipinski definition) is 0. The van der Waals surface area contributed by atoms with E-state index in [2.05, 4.69) is 62.8 Å². The van der Waals surface area contributed by atoms with Crippen molar-refractivity contribution >= 4 is 37.2 Å². The van der Waals surface area contributed by atoms with Gasteiger partial charge in [-0.1, -0.05) is 25.6 Å². The second-order valence-corrected chi connectivity index (χ2v) is 2.59. The fourth-order valence-electron chi connectivity index (χ4n) is 0.377. The summed E-state index contributed by atoms with van der Waals surface area (Å²) in [7, 11) is 0. The molecule has 0 saturated carbocycles. The lowest BCUT2D eigenvalue weighted by atomic mass is 9.99. The molecule has 1 unspecified atom stereocenters. The van der Waals surface area contributed by atoms with Crippen LogP contribution in [-0.4, -0.2) is 6.54 Å². The lowest BCUT2D eigenvalue weighted by molar-refractivity contribution is 0.448. The molecule has 10 heavy (non-hydrogen) atoms. The summed E-state index contributed by atoms with van der Waals surface area (Å²) in [6, 6.07) is 0. The van der Waals surface area contributed by atoms with Gasteiger partial charge in [-0.25, -0.2) is 0 Å². The van der Waals surface area contributed by atoms with Gasteiger partial charge in [-0.3, -0.25) is 0 Å². The van der Waals surface area contributed by atoms with Crippen LogP contribution in [0.1, 0.15) is 20.8 Å². The average molecular weight is 366 g/mol. The minimum Gasteiger partial charge on any atom is -0.0866 e. The molecule has 1 nitrogen and oxygen atoms in total. The zero-order valence-electron chi connectivity index (χ0n) is 6.64. The van der Waals surface area contributed by atoms with Gasteiger partial charge < -0.3 is 0 Å². The molecule has 1 atom stereocenters. The zero-order valence-corrected chi connectivity index (χ0v) is 11.0. The Morgan fingerprint density at radius 1 is 1.30 bits per heavy atom. The molecular formula is C7H14I2N+. The van der Waals surface area contributed by atoms with E-state index in [1.54, 1.807) is 0 Å². The highest BCUT2D eigenvalue weighted by atomic mass is 128. The third-order valence-electron chi connectivity index (χ3n) is 1.53. The number of hydrogen-bond acceptors (Lipinski definition) is 0. The van der Waals surface area contributed by atoms with E-state index in [-0.39, 0.29) is 0 Å². The number of rotatable bonds is 2. The molecule has 0 aliphatic heterocycles. The molecule has 3 heteroatoms. The first-order valence-corrected chi connectivity index (χ1v) is 9.48. The van der Waals surface area contributed by atoms with Crippen molar-refractivity contribution in [1.29, 1.82) is 0 Å². The Morgan fingerprint density at radius 3 is 1.80 bits per heavy atom. The Kier molecular flexibility index (Phi) is 13.5. The van der Waals surface area contributed by atoms with Gasteiger partial charge in [-0.2, -0.15) is 0 Å². The van der Waals surface area contributed by atoms with E-state index in [0.717, 1.165) is 6.54 Å². The van der Waals surface area contributed by atoms with Gasteiger partial charge in [0.15, 0.2) is 0 Å². The lowest BCUT2D eigenvalue weighted by Crippen LogP contribution is -2.05. The normalized spacial score (nSPS) is 11.3. The molecule has 60 valence electrons. The topological polar surface area (TPSA) is 4.36 Å². The van der Waals surface area contributed by atoms with Crippen LogP contribution in [0.15, 0.2) is 0 Å². The first kappa shape index (κ1) is 13.5.